The Morgan fingerprint density at radius 1 is 0.606 bits per heavy atom. The van der Waals surface area contributed by atoms with Gasteiger partial charge in [-0.2, -0.15) is 0 Å². The maximum absolute atomic E-state index is 13.1. The van der Waals surface area contributed by atoms with E-state index in [1.807, 2.05) is 60.7 Å². The van der Waals surface area contributed by atoms with Crippen LogP contribution in [0.1, 0.15) is 64.5 Å². The van der Waals surface area contributed by atoms with Crippen LogP contribution < -0.4 is 0 Å². The normalized spacial score (nSPS) is 14.4. The van der Waals surface area contributed by atoms with Crippen molar-refractivity contribution in [1.82, 2.24) is 0 Å². The first-order valence-corrected chi connectivity index (χ1v) is 14.3. The van der Waals surface area contributed by atoms with Crippen LogP contribution in [0.3, 0.4) is 0 Å². The third kappa shape index (κ3) is 11.5. The molecule has 7 heteroatoms. The van der Waals surface area contributed by atoms with E-state index in [1.165, 1.54) is 0 Å². The second kappa shape index (κ2) is 15.4. The van der Waals surface area contributed by atoms with Crippen molar-refractivity contribution >= 4 is 16.1 Å². The SMILES string of the molecule is CC(C)CCC(OC(CCC(C)C)[P+](=O)OCc1ccccc1)[P+](=O)OCc1ccccc1. The zero-order valence-electron chi connectivity index (χ0n) is 20.3. The first-order chi connectivity index (χ1) is 15.8. The second-order valence-corrected chi connectivity index (χ2v) is 11.9. The second-order valence-electron chi connectivity index (χ2n) is 9.08. The average Bonchev–Trinajstić information content (AvgIpc) is 2.81. The van der Waals surface area contributed by atoms with Gasteiger partial charge in [-0.3, -0.25) is 4.74 Å². The molecule has 0 aromatic heterocycles. The molecule has 4 atom stereocenters. The summed E-state index contributed by atoms with van der Waals surface area (Å²) in [4.78, 5) is 0. The number of benzene rings is 2. The summed E-state index contributed by atoms with van der Waals surface area (Å²) in [6.07, 6.45) is 2.86. The standard InChI is InChI=1S/C26H38O5P2/c1-21(2)15-17-25(32(27)29-19-23-11-7-5-8-12-23)31-26(18-16-22(3)4)33(28)30-20-24-13-9-6-10-14-24/h5-14,21-22,25-26H,15-20H2,1-4H3/q+2. The van der Waals surface area contributed by atoms with Crippen molar-refractivity contribution in [2.24, 2.45) is 11.8 Å². The first-order valence-electron chi connectivity index (χ1n) is 11.8. The van der Waals surface area contributed by atoms with Crippen LogP contribution in [0.4, 0.5) is 0 Å². The van der Waals surface area contributed by atoms with Gasteiger partial charge >= 0.3 is 16.1 Å². The van der Waals surface area contributed by atoms with Crippen LogP contribution >= 0.6 is 16.1 Å². The molecule has 0 spiro atoms. The summed E-state index contributed by atoms with van der Waals surface area (Å²) in [6.45, 7) is 8.99. The van der Waals surface area contributed by atoms with Crippen molar-refractivity contribution < 1.29 is 22.9 Å². The third-order valence-corrected chi connectivity index (χ3v) is 7.64. The van der Waals surface area contributed by atoms with Crippen molar-refractivity contribution in [3.63, 3.8) is 0 Å². The fraction of sp³-hybridized carbons (Fsp3) is 0.538. The molecule has 0 aliphatic rings. The quantitative estimate of drug-likeness (QED) is 0.220. The van der Waals surface area contributed by atoms with Crippen molar-refractivity contribution in [3.05, 3.63) is 71.8 Å². The third-order valence-electron chi connectivity index (χ3n) is 5.17. The van der Waals surface area contributed by atoms with Gasteiger partial charge in [0.25, 0.3) is 11.7 Å². The lowest BCUT2D eigenvalue weighted by atomic mass is 10.1. The Hall–Kier alpha value is -1.48. The highest BCUT2D eigenvalue weighted by Crippen LogP contribution is 2.42. The molecule has 0 aliphatic carbocycles. The lowest BCUT2D eigenvalue weighted by molar-refractivity contribution is 0.0481. The van der Waals surface area contributed by atoms with E-state index in [0.717, 1.165) is 24.0 Å². The molecule has 0 saturated carbocycles. The van der Waals surface area contributed by atoms with Crippen LogP contribution in [-0.2, 0) is 36.1 Å². The molecule has 0 saturated heterocycles. The van der Waals surface area contributed by atoms with Gasteiger partial charge in [0, 0.05) is 12.8 Å². The highest BCUT2D eigenvalue weighted by molar-refractivity contribution is 7.40. The molecule has 33 heavy (non-hydrogen) atoms. The number of hydrogen-bond donors (Lipinski definition) is 0. The van der Waals surface area contributed by atoms with Crippen LogP contribution in [0, 0.1) is 11.8 Å². The summed E-state index contributed by atoms with van der Waals surface area (Å²) in [7, 11) is -4.18. The van der Waals surface area contributed by atoms with E-state index >= 15 is 0 Å². The molecule has 0 radical (unpaired) electrons. The van der Waals surface area contributed by atoms with E-state index in [0.29, 0.717) is 24.7 Å². The monoisotopic (exact) mass is 492 g/mol. The summed E-state index contributed by atoms with van der Waals surface area (Å²) in [6, 6.07) is 19.3. The van der Waals surface area contributed by atoms with Gasteiger partial charge in [0.1, 0.15) is 13.2 Å². The fourth-order valence-electron chi connectivity index (χ4n) is 3.17. The molecule has 0 bridgehead atoms. The molecule has 0 heterocycles. The van der Waals surface area contributed by atoms with Crippen LogP contribution in [0.5, 0.6) is 0 Å². The van der Waals surface area contributed by atoms with E-state index < -0.39 is 27.7 Å². The van der Waals surface area contributed by atoms with E-state index in [9.17, 15) is 9.13 Å². The van der Waals surface area contributed by atoms with Crippen molar-refractivity contribution in [2.75, 3.05) is 0 Å². The molecule has 2 rings (SSSR count). The minimum atomic E-state index is -2.09. The summed E-state index contributed by atoms with van der Waals surface area (Å²) in [5, 5.41) is 0. The van der Waals surface area contributed by atoms with Crippen LogP contribution in [0.2, 0.25) is 0 Å². The summed E-state index contributed by atoms with van der Waals surface area (Å²) in [5.41, 5.74) is 1.91. The smallest absolute Gasteiger partial charge is 0.281 e. The minimum Gasteiger partial charge on any atom is -0.281 e. The minimum absolute atomic E-state index is 0.255. The van der Waals surface area contributed by atoms with E-state index in [2.05, 4.69) is 27.7 Å². The Morgan fingerprint density at radius 2 is 0.970 bits per heavy atom. The average molecular weight is 493 g/mol. The van der Waals surface area contributed by atoms with Gasteiger partial charge in [0.15, 0.2) is 0 Å². The molecule has 0 fully saturated rings. The fourth-order valence-corrected chi connectivity index (χ4v) is 5.36. The lowest BCUT2D eigenvalue weighted by Gasteiger charge is -2.13. The molecule has 2 aromatic carbocycles. The Labute approximate surface area is 201 Å². The number of rotatable bonds is 16. The lowest BCUT2D eigenvalue weighted by Crippen LogP contribution is -2.19. The van der Waals surface area contributed by atoms with Gasteiger partial charge in [-0.25, -0.2) is 0 Å². The highest BCUT2D eigenvalue weighted by Gasteiger charge is 2.43. The zero-order chi connectivity index (χ0) is 24.1. The van der Waals surface area contributed by atoms with Crippen molar-refractivity contribution in [2.45, 2.75) is 78.3 Å². The Kier molecular flexibility index (Phi) is 13.0. The predicted octanol–water partition coefficient (Wildman–Crippen LogP) is 8.45. The molecule has 0 amide bonds. The maximum atomic E-state index is 13.1. The van der Waals surface area contributed by atoms with Crippen LogP contribution in [-0.4, -0.2) is 11.7 Å². The molecule has 5 nitrogen and oxygen atoms in total. The molecular weight excluding hydrogens is 454 g/mol. The first kappa shape index (κ1) is 27.8. The Bertz CT molecular complexity index is 758. The Morgan fingerprint density at radius 3 is 1.30 bits per heavy atom. The molecule has 0 N–H and O–H groups in total. The van der Waals surface area contributed by atoms with Gasteiger partial charge in [0.2, 0.25) is 0 Å². The largest absolute Gasteiger partial charge is 0.540 e. The molecular formula is C26H38O5P2+2. The van der Waals surface area contributed by atoms with E-state index in [-0.39, 0.29) is 13.2 Å². The molecule has 2 aromatic rings. The van der Waals surface area contributed by atoms with Gasteiger partial charge in [-0.05, 0) is 44.9 Å². The van der Waals surface area contributed by atoms with Gasteiger partial charge < -0.3 is 0 Å². The summed E-state index contributed by atoms with van der Waals surface area (Å²) in [5.74, 6) is -0.373. The molecule has 0 aliphatic heterocycles. The molecule has 4 unspecified atom stereocenters. The van der Waals surface area contributed by atoms with Crippen LogP contribution in [0.25, 0.3) is 0 Å². The highest BCUT2D eigenvalue weighted by atomic mass is 31.1. The van der Waals surface area contributed by atoms with Gasteiger partial charge in [-0.15, -0.1) is 9.05 Å². The number of ether oxygens (including phenoxy) is 1. The molecule has 180 valence electrons. The van der Waals surface area contributed by atoms with Crippen molar-refractivity contribution in [1.29, 1.82) is 0 Å². The maximum Gasteiger partial charge on any atom is 0.540 e. The summed E-state index contributed by atoms with van der Waals surface area (Å²) >= 11 is 0. The van der Waals surface area contributed by atoms with Gasteiger partial charge in [0.05, 0.1) is 0 Å². The predicted molar refractivity (Wildman–Crippen MR) is 134 cm³/mol. The van der Waals surface area contributed by atoms with Crippen LogP contribution in [0.15, 0.2) is 60.7 Å². The van der Waals surface area contributed by atoms with E-state index in [4.69, 9.17) is 13.8 Å². The van der Waals surface area contributed by atoms with Gasteiger partial charge in [-0.1, -0.05) is 88.4 Å². The zero-order valence-corrected chi connectivity index (χ0v) is 22.1. The Balaban J connectivity index is 2.05. The summed E-state index contributed by atoms with van der Waals surface area (Å²) < 4.78 is 43.8. The topological polar surface area (TPSA) is 61.8 Å². The van der Waals surface area contributed by atoms with Crippen molar-refractivity contribution in [3.8, 4) is 0 Å². The van der Waals surface area contributed by atoms with E-state index in [1.54, 1.807) is 0 Å². The number of hydrogen-bond acceptors (Lipinski definition) is 5.